The molecule has 0 aliphatic rings. The van der Waals surface area contributed by atoms with Gasteiger partial charge in [-0.1, -0.05) is 34.1 Å². The molecular weight excluding hydrogens is 317 g/mol. The van der Waals surface area contributed by atoms with Crippen LogP contribution in [0.4, 0.5) is 13.2 Å². The summed E-state index contributed by atoms with van der Waals surface area (Å²) in [5.41, 5.74) is 2.50. The van der Waals surface area contributed by atoms with E-state index in [0.717, 1.165) is 33.3 Å². The molecule has 0 fully saturated rings. The van der Waals surface area contributed by atoms with Crippen LogP contribution in [-0.2, 0) is 12.6 Å². The Balaban J connectivity index is 2.20. The summed E-state index contributed by atoms with van der Waals surface area (Å²) in [5.74, 6) is 0. The van der Waals surface area contributed by atoms with Crippen LogP contribution >= 0.6 is 15.9 Å². The lowest BCUT2D eigenvalue weighted by atomic mass is 10.00. The van der Waals surface area contributed by atoms with Crippen LogP contribution in [0.1, 0.15) is 22.3 Å². The number of halogens is 4. The van der Waals surface area contributed by atoms with E-state index < -0.39 is 11.7 Å². The van der Waals surface area contributed by atoms with Crippen LogP contribution in [0.25, 0.3) is 0 Å². The van der Waals surface area contributed by atoms with Crippen molar-refractivity contribution in [1.29, 1.82) is 0 Å². The molecule has 0 aromatic heterocycles. The smallest absolute Gasteiger partial charge is 0.166 e. The Morgan fingerprint density at radius 2 is 1.63 bits per heavy atom. The molecule has 2 rings (SSSR count). The third-order valence-corrected chi connectivity index (χ3v) is 3.47. The first-order chi connectivity index (χ1) is 8.86. The highest BCUT2D eigenvalue weighted by Gasteiger charge is 2.29. The Labute approximate surface area is 118 Å². The molecule has 0 heterocycles. The van der Waals surface area contributed by atoms with E-state index in [9.17, 15) is 13.2 Å². The van der Waals surface area contributed by atoms with Crippen molar-refractivity contribution >= 4 is 15.9 Å². The lowest BCUT2D eigenvalue weighted by molar-refractivity contribution is -0.137. The second kappa shape index (κ2) is 5.37. The number of hydrogen-bond donors (Lipinski definition) is 0. The summed E-state index contributed by atoms with van der Waals surface area (Å²) in [4.78, 5) is 0. The van der Waals surface area contributed by atoms with Crippen molar-refractivity contribution < 1.29 is 13.2 Å². The van der Waals surface area contributed by atoms with Gasteiger partial charge >= 0.3 is 6.18 Å². The molecule has 2 aromatic carbocycles. The Kier molecular flexibility index (Phi) is 3.99. The first-order valence-electron chi connectivity index (χ1n) is 5.77. The number of rotatable bonds is 2. The van der Waals surface area contributed by atoms with Crippen molar-refractivity contribution in [2.24, 2.45) is 0 Å². The van der Waals surface area contributed by atoms with Gasteiger partial charge in [-0.3, -0.25) is 0 Å². The molecule has 0 bridgehead atoms. The van der Waals surface area contributed by atoms with Crippen molar-refractivity contribution in [3.05, 3.63) is 69.2 Å². The number of hydrogen-bond acceptors (Lipinski definition) is 0. The molecule has 2 aromatic rings. The minimum absolute atomic E-state index is 0.608. The maximum Gasteiger partial charge on any atom is 0.416 e. The van der Waals surface area contributed by atoms with E-state index in [-0.39, 0.29) is 0 Å². The summed E-state index contributed by atoms with van der Waals surface area (Å²) in [6.45, 7) is 1.99. The lowest BCUT2D eigenvalue weighted by Gasteiger charge is -2.09. The normalized spacial score (nSPS) is 11.6. The van der Waals surface area contributed by atoms with Gasteiger partial charge in [0.1, 0.15) is 0 Å². The molecule has 0 saturated carbocycles. The van der Waals surface area contributed by atoms with Crippen molar-refractivity contribution in [3.8, 4) is 0 Å². The van der Waals surface area contributed by atoms with Crippen LogP contribution in [0.2, 0.25) is 0 Å². The summed E-state index contributed by atoms with van der Waals surface area (Å²) < 4.78 is 38.4. The third-order valence-electron chi connectivity index (χ3n) is 2.98. The van der Waals surface area contributed by atoms with Crippen LogP contribution in [0.3, 0.4) is 0 Å². The van der Waals surface area contributed by atoms with Crippen molar-refractivity contribution in [3.63, 3.8) is 0 Å². The van der Waals surface area contributed by atoms with Crippen LogP contribution in [0.15, 0.2) is 46.9 Å². The van der Waals surface area contributed by atoms with E-state index in [1.807, 2.05) is 25.1 Å². The Hall–Kier alpha value is -1.29. The summed E-state index contributed by atoms with van der Waals surface area (Å²) in [7, 11) is 0. The first-order valence-corrected chi connectivity index (χ1v) is 6.57. The van der Waals surface area contributed by atoms with Gasteiger partial charge in [-0.05, 0) is 54.3 Å². The average Bonchev–Trinajstić information content (AvgIpc) is 2.32. The van der Waals surface area contributed by atoms with Gasteiger partial charge in [0.15, 0.2) is 0 Å². The molecule has 0 nitrogen and oxygen atoms in total. The molecule has 19 heavy (non-hydrogen) atoms. The largest absolute Gasteiger partial charge is 0.416 e. The van der Waals surface area contributed by atoms with Crippen molar-refractivity contribution in [2.75, 3.05) is 0 Å². The molecule has 0 atom stereocenters. The predicted molar refractivity (Wildman–Crippen MR) is 73.1 cm³/mol. The lowest BCUT2D eigenvalue weighted by Crippen LogP contribution is -2.04. The van der Waals surface area contributed by atoms with Crippen LogP contribution in [0, 0.1) is 6.92 Å². The van der Waals surface area contributed by atoms with E-state index in [1.54, 1.807) is 0 Å². The molecule has 0 saturated heterocycles. The minimum Gasteiger partial charge on any atom is -0.166 e. The van der Waals surface area contributed by atoms with Crippen LogP contribution in [-0.4, -0.2) is 0 Å². The quantitative estimate of drug-likeness (QED) is 0.695. The second-order valence-corrected chi connectivity index (χ2v) is 5.36. The summed E-state index contributed by atoms with van der Waals surface area (Å²) in [6, 6.07) is 11.2. The fraction of sp³-hybridized carbons (Fsp3) is 0.200. The van der Waals surface area contributed by atoms with E-state index in [0.29, 0.717) is 6.42 Å². The first kappa shape index (κ1) is 14.1. The third kappa shape index (κ3) is 3.60. The van der Waals surface area contributed by atoms with Crippen molar-refractivity contribution in [2.45, 2.75) is 19.5 Å². The van der Waals surface area contributed by atoms with Gasteiger partial charge in [0, 0.05) is 4.47 Å². The average molecular weight is 329 g/mol. The molecule has 0 aliphatic carbocycles. The fourth-order valence-electron chi connectivity index (χ4n) is 1.89. The predicted octanol–water partition coefficient (Wildman–Crippen LogP) is 5.37. The maximum atomic E-state index is 12.4. The maximum absolute atomic E-state index is 12.4. The van der Waals surface area contributed by atoms with E-state index in [2.05, 4.69) is 15.9 Å². The number of benzene rings is 2. The highest BCUT2D eigenvalue weighted by molar-refractivity contribution is 9.10. The molecule has 0 aliphatic heterocycles. The van der Waals surface area contributed by atoms with E-state index in [1.165, 1.54) is 12.1 Å². The molecule has 0 radical (unpaired) electrons. The summed E-state index contributed by atoms with van der Waals surface area (Å²) in [6.07, 6.45) is -3.64. The summed E-state index contributed by atoms with van der Waals surface area (Å²) in [5, 5.41) is 0. The van der Waals surface area contributed by atoms with E-state index >= 15 is 0 Å². The topological polar surface area (TPSA) is 0 Å². The molecule has 4 heteroatoms. The molecule has 0 spiro atoms. The highest BCUT2D eigenvalue weighted by atomic mass is 79.9. The van der Waals surface area contributed by atoms with Crippen LogP contribution < -0.4 is 0 Å². The Bertz CT molecular complexity index is 571. The van der Waals surface area contributed by atoms with Gasteiger partial charge in [-0.2, -0.15) is 13.2 Å². The SMILES string of the molecule is Cc1cc(Br)ccc1Cc1ccc(C(F)(F)F)cc1. The van der Waals surface area contributed by atoms with E-state index in [4.69, 9.17) is 0 Å². The molecule has 0 N–H and O–H groups in total. The monoisotopic (exact) mass is 328 g/mol. The van der Waals surface area contributed by atoms with Crippen LogP contribution in [0.5, 0.6) is 0 Å². The van der Waals surface area contributed by atoms with Gasteiger partial charge in [0.05, 0.1) is 5.56 Å². The Morgan fingerprint density at radius 1 is 1.00 bits per heavy atom. The van der Waals surface area contributed by atoms with Gasteiger partial charge in [-0.25, -0.2) is 0 Å². The zero-order valence-corrected chi connectivity index (χ0v) is 11.8. The fourth-order valence-corrected chi connectivity index (χ4v) is 2.36. The zero-order valence-electron chi connectivity index (χ0n) is 10.3. The van der Waals surface area contributed by atoms with Gasteiger partial charge in [0.2, 0.25) is 0 Å². The number of alkyl halides is 3. The Morgan fingerprint density at radius 3 is 2.16 bits per heavy atom. The summed E-state index contributed by atoms with van der Waals surface area (Å²) >= 11 is 3.39. The van der Waals surface area contributed by atoms with Gasteiger partial charge in [0.25, 0.3) is 0 Å². The standard InChI is InChI=1S/C15H12BrF3/c1-10-8-14(16)7-4-12(10)9-11-2-5-13(6-3-11)15(17,18)19/h2-8H,9H2,1H3. The number of aryl methyl sites for hydroxylation is 1. The second-order valence-electron chi connectivity index (χ2n) is 4.44. The van der Waals surface area contributed by atoms with Gasteiger partial charge in [-0.15, -0.1) is 0 Å². The van der Waals surface area contributed by atoms with Gasteiger partial charge < -0.3 is 0 Å². The molecule has 0 unspecified atom stereocenters. The molecule has 0 amide bonds. The van der Waals surface area contributed by atoms with Crippen molar-refractivity contribution in [1.82, 2.24) is 0 Å². The molecule has 100 valence electrons. The highest BCUT2D eigenvalue weighted by Crippen LogP contribution is 2.29. The zero-order chi connectivity index (χ0) is 14.0. The molecular formula is C15H12BrF3. The minimum atomic E-state index is -4.27.